The van der Waals surface area contributed by atoms with Crippen LogP contribution in [0.15, 0.2) is 72.8 Å². The summed E-state index contributed by atoms with van der Waals surface area (Å²) in [4.78, 5) is 11.4. The van der Waals surface area contributed by atoms with Gasteiger partial charge in [0.25, 0.3) is 0 Å². The van der Waals surface area contributed by atoms with Gasteiger partial charge >= 0.3 is 5.97 Å². The molecule has 3 nitrogen and oxygen atoms in total. The SMILES string of the molecule is O=C(O)c1ccccc1CCc1cc(Cl)ccc1OCc1ccccc1. The zero-order valence-electron chi connectivity index (χ0n) is 14.2. The third kappa shape index (κ3) is 4.64. The molecule has 0 saturated carbocycles. The first-order valence-corrected chi connectivity index (χ1v) is 8.77. The van der Waals surface area contributed by atoms with E-state index < -0.39 is 5.97 Å². The average Bonchev–Trinajstić information content (AvgIpc) is 2.66. The van der Waals surface area contributed by atoms with Gasteiger partial charge in [0.1, 0.15) is 12.4 Å². The molecule has 0 aliphatic carbocycles. The highest BCUT2D eigenvalue weighted by Gasteiger charge is 2.11. The van der Waals surface area contributed by atoms with Crippen molar-refractivity contribution >= 4 is 17.6 Å². The Bertz CT molecular complexity index is 891. The van der Waals surface area contributed by atoms with Gasteiger partial charge in [0.05, 0.1) is 5.56 Å². The van der Waals surface area contributed by atoms with Crippen LogP contribution in [-0.2, 0) is 19.4 Å². The molecule has 0 spiro atoms. The Morgan fingerprint density at radius 3 is 2.35 bits per heavy atom. The Hall–Kier alpha value is -2.78. The average molecular weight is 367 g/mol. The van der Waals surface area contributed by atoms with E-state index in [2.05, 4.69) is 0 Å². The molecule has 0 amide bonds. The van der Waals surface area contributed by atoms with E-state index in [0.717, 1.165) is 22.4 Å². The van der Waals surface area contributed by atoms with Crippen LogP contribution in [-0.4, -0.2) is 11.1 Å². The Kier molecular flexibility index (Phi) is 5.92. The van der Waals surface area contributed by atoms with Crippen molar-refractivity contribution in [2.24, 2.45) is 0 Å². The summed E-state index contributed by atoms with van der Waals surface area (Å²) in [5.74, 6) is -0.140. The second-order valence-corrected chi connectivity index (χ2v) is 6.43. The summed E-state index contributed by atoms with van der Waals surface area (Å²) in [7, 11) is 0. The van der Waals surface area contributed by atoms with Crippen molar-refractivity contribution in [2.75, 3.05) is 0 Å². The van der Waals surface area contributed by atoms with E-state index in [-0.39, 0.29) is 0 Å². The number of halogens is 1. The lowest BCUT2D eigenvalue weighted by atomic mass is 9.99. The number of carbonyl (C=O) groups is 1. The fraction of sp³-hybridized carbons (Fsp3) is 0.136. The Morgan fingerprint density at radius 2 is 1.58 bits per heavy atom. The van der Waals surface area contributed by atoms with E-state index >= 15 is 0 Å². The molecular weight excluding hydrogens is 348 g/mol. The molecule has 0 heterocycles. The minimum atomic E-state index is -0.910. The number of benzene rings is 3. The normalized spacial score (nSPS) is 10.5. The molecule has 3 rings (SSSR count). The molecular formula is C22H19ClO3. The van der Waals surface area contributed by atoms with Gasteiger partial charge in [0.2, 0.25) is 0 Å². The second-order valence-electron chi connectivity index (χ2n) is 5.99. The third-order valence-corrected chi connectivity index (χ3v) is 4.41. The first-order chi connectivity index (χ1) is 12.6. The summed E-state index contributed by atoms with van der Waals surface area (Å²) < 4.78 is 5.97. The Balaban J connectivity index is 1.75. The second kappa shape index (κ2) is 8.54. The molecule has 0 atom stereocenters. The van der Waals surface area contributed by atoms with Gasteiger partial charge in [-0.15, -0.1) is 0 Å². The van der Waals surface area contributed by atoms with Crippen molar-refractivity contribution in [3.8, 4) is 5.75 Å². The zero-order valence-corrected chi connectivity index (χ0v) is 14.9. The van der Waals surface area contributed by atoms with Crippen LogP contribution in [0.2, 0.25) is 5.02 Å². The van der Waals surface area contributed by atoms with Gasteiger partial charge in [-0.25, -0.2) is 4.79 Å². The van der Waals surface area contributed by atoms with E-state index in [1.54, 1.807) is 18.2 Å². The van der Waals surface area contributed by atoms with Crippen molar-refractivity contribution in [1.82, 2.24) is 0 Å². The maximum Gasteiger partial charge on any atom is 0.335 e. The molecule has 3 aromatic carbocycles. The van der Waals surface area contributed by atoms with E-state index in [1.165, 1.54) is 0 Å². The Labute approximate surface area is 157 Å². The van der Waals surface area contributed by atoms with Gasteiger partial charge in [-0.3, -0.25) is 0 Å². The first-order valence-electron chi connectivity index (χ1n) is 8.40. The number of hydrogen-bond acceptors (Lipinski definition) is 2. The lowest BCUT2D eigenvalue weighted by molar-refractivity contribution is 0.0695. The molecule has 0 radical (unpaired) electrons. The highest BCUT2D eigenvalue weighted by Crippen LogP contribution is 2.26. The van der Waals surface area contributed by atoms with Crippen molar-refractivity contribution < 1.29 is 14.6 Å². The fourth-order valence-electron chi connectivity index (χ4n) is 2.84. The molecule has 0 fully saturated rings. The van der Waals surface area contributed by atoms with Crippen LogP contribution in [0.1, 0.15) is 27.0 Å². The molecule has 0 bridgehead atoms. The number of aryl methyl sites for hydroxylation is 2. The van der Waals surface area contributed by atoms with Crippen LogP contribution in [0, 0.1) is 0 Å². The third-order valence-electron chi connectivity index (χ3n) is 4.17. The van der Waals surface area contributed by atoms with Crippen LogP contribution in [0.4, 0.5) is 0 Å². The molecule has 0 aliphatic heterocycles. The number of carboxylic acids is 1. The maximum absolute atomic E-state index is 11.4. The fourth-order valence-corrected chi connectivity index (χ4v) is 3.03. The number of hydrogen-bond donors (Lipinski definition) is 1. The molecule has 0 aliphatic rings. The molecule has 0 saturated heterocycles. The largest absolute Gasteiger partial charge is 0.489 e. The summed E-state index contributed by atoms with van der Waals surface area (Å²) in [6, 6.07) is 22.6. The number of carboxylic acid groups (broad SMARTS) is 1. The molecule has 0 aromatic heterocycles. The monoisotopic (exact) mass is 366 g/mol. The molecule has 132 valence electrons. The smallest absolute Gasteiger partial charge is 0.335 e. The number of aromatic carboxylic acids is 1. The zero-order chi connectivity index (χ0) is 18.4. The van der Waals surface area contributed by atoms with Gasteiger partial charge in [-0.05, 0) is 53.8 Å². The summed E-state index contributed by atoms with van der Waals surface area (Å²) in [5.41, 5.74) is 3.19. The minimum Gasteiger partial charge on any atom is -0.489 e. The lowest BCUT2D eigenvalue weighted by Crippen LogP contribution is -2.04. The minimum absolute atomic E-state index is 0.335. The number of rotatable bonds is 7. The molecule has 4 heteroatoms. The van der Waals surface area contributed by atoms with Gasteiger partial charge in [0, 0.05) is 5.02 Å². The highest BCUT2D eigenvalue weighted by molar-refractivity contribution is 6.30. The lowest BCUT2D eigenvalue weighted by Gasteiger charge is -2.13. The molecule has 0 unspecified atom stereocenters. The predicted octanol–water partition coefficient (Wildman–Crippen LogP) is 5.40. The Morgan fingerprint density at radius 1 is 0.885 bits per heavy atom. The van der Waals surface area contributed by atoms with Crippen molar-refractivity contribution in [2.45, 2.75) is 19.4 Å². The van der Waals surface area contributed by atoms with Crippen molar-refractivity contribution in [3.05, 3.63) is 100 Å². The first kappa shape index (κ1) is 18.0. The maximum atomic E-state index is 11.4. The van der Waals surface area contributed by atoms with E-state index in [9.17, 15) is 9.90 Å². The van der Waals surface area contributed by atoms with Gasteiger partial charge in [0.15, 0.2) is 0 Å². The number of ether oxygens (including phenoxy) is 1. The van der Waals surface area contributed by atoms with Gasteiger partial charge in [-0.1, -0.05) is 60.1 Å². The summed E-state index contributed by atoms with van der Waals surface area (Å²) in [6.45, 7) is 0.473. The summed E-state index contributed by atoms with van der Waals surface area (Å²) in [6.07, 6.45) is 1.25. The molecule has 3 aromatic rings. The summed E-state index contributed by atoms with van der Waals surface area (Å²) >= 11 is 6.15. The van der Waals surface area contributed by atoms with Gasteiger partial charge < -0.3 is 9.84 Å². The quantitative estimate of drug-likeness (QED) is 0.608. The van der Waals surface area contributed by atoms with Crippen LogP contribution >= 0.6 is 11.6 Å². The van der Waals surface area contributed by atoms with E-state index in [1.807, 2.05) is 54.6 Å². The standard InChI is InChI=1S/C22H19ClO3/c23-19-12-13-21(26-15-16-6-2-1-3-7-16)18(14-19)11-10-17-8-4-5-9-20(17)22(24)25/h1-9,12-14H,10-11,15H2,(H,24,25). The highest BCUT2D eigenvalue weighted by atomic mass is 35.5. The topological polar surface area (TPSA) is 46.5 Å². The van der Waals surface area contributed by atoms with Crippen LogP contribution in [0.25, 0.3) is 0 Å². The molecule has 26 heavy (non-hydrogen) atoms. The van der Waals surface area contributed by atoms with Crippen LogP contribution < -0.4 is 4.74 Å². The summed E-state index contributed by atoms with van der Waals surface area (Å²) in [5, 5.41) is 9.96. The van der Waals surface area contributed by atoms with E-state index in [4.69, 9.17) is 16.3 Å². The molecule has 1 N–H and O–H groups in total. The van der Waals surface area contributed by atoms with Crippen LogP contribution in [0.3, 0.4) is 0 Å². The predicted molar refractivity (Wildman–Crippen MR) is 103 cm³/mol. The van der Waals surface area contributed by atoms with Gasteiger partial charge in [-0.2, -0.15) is 0 Å². The van der Waals surface area contributed by atoms with E-state index in [0.29, 0.717) is 30.0 Å². The van der Waals surface area contributed by atoms with Crippen molar-refractivity contribution in [3.63, 3.8) is 0 Å². The van der Waals surface area contributed by atoms with Crippen LogP contribution in [0.5, 0.6) is 5.75 Å². The van der Waals surface area contributed by atoms with Crippen molar-refractivity contribution in [1.29, 1.82) is 0 Å².